The zero-order valence-corrected chi connectivity index (χ0v) is 22.0. The first-order chi connectivity index (χ1) is 19.1. The average Bonchev–Trinajstić information content (AvgIpc) is 3.49. The summed E-state index contributed by atoms with van der Waals surface area (Å²) in [6.45, 7) is 0.609. The summed E-state index contributed by atoms with van der Waals surface area (Å²) in [6, 6.07) is 22.3. The van der Waals surface area contributed by atoms with Crippen LogP contribution in [0, 0.1) is 0 Å². The van der Waals surface area contributed by atoms with E-state index in [4.69, 9.17) is 11.6 Å². The van der Waals surface area contributed by atoms with Gasteiger partial charge < -0.3 is 5.32 Å². The first kappa shape index (κ1) is 26.1. The number of nitrogens with zero attached hydrogens (tertiary/aromatic N) is 4. The van der Waals surface area contributed by atoms with Gasteiger partial charge in [-0.1, -0.05) is 65.2 Å². The molecule has 0 aliphatic heterocycles. The van der Waals surface area contributed by atoms with Crippen LogP contribution in [0.4, 0.5) is 16.4 Å². The summed E-state index contributed by atoms with van der Waals surface area (Å²) < 4.78 is 0. The van der Waals surface area contributed by atoms with E-state index in [9.17, 15) is 9.59 Å². The molecule has 3 amide bonds. The second-order valence-electron chi connectivity index (χ2n) is 9.24. The molecule has 0 radical (unpaired) electrons. The number of nitrogens with one attached hydrogen (secondary N) is 3. The van der Waals surface area contributed by atoms with Crippen molar-refractivity contribution in [1.82, 2.24) is 25.9 Å². The monoisotopic (exact) mass is 541 g/mol. The smallest absolute Gasteiger partial charge is 0.322 e. The number of hydrogen-bond donors (Lipinski definition) is 3. The predicted molar refractivity (Wildman–Crippen MR) is 151 cm³/mol. The van der Waals surface area contributed by atoms with Crippen molar-refractivity contribution in [3.8, 4) is 0 Å². The van der Waals surface area contributed by atoms with Crippen LogP contribution in [0.3, 0.4) is 0 Å². The van der Waals surface area contributed by atoms with Gasteiger partial charge in [0.15, 0.2) is 0 Å². The van der Waals surface area contributed by atoms with E-state index in [0.29, 0.717) is 23.7 Å². The highest BCUT2D eigenvalue weighted by molar-refractivity contribution is 6.31. The fraction of sp³-hybridized carbons (Fsp3) is 0.207. The van der Waals surface area contributed by atoms with Crippen molar-refractivity contribution in [3.63, 3.8) is 0 Å². The summed E-state index contributed by atoms with van der Waals surface area (Å²) in [6.07, 6.45) is 6.93. The van der Waals surface area contributed by atoms with Gasteiger partial charge in [0.2, 0.25) is 0 Å². The van der Waals surface area contributed by atoms with E-state index in [-0.39, 0.29) is 17.9 Å². The highest BCUT2D eigenvalue weighted by Gasteiger charge is 2.18. The van der Waals surface area contributed by atoms with Gasteiger partial charge in [-0.05, 0) is 83.5 Å². The summed E-state index contributed by atoms with van der Waals surface area (Å²) in [5, 5.41) is 19.3. The van der Waals surface area contributed by atoms with E-state index in [1.807, 2.05) is 42.5 Å². The lowest BCUT2D eigenvalue weighted by Gasteiger charge is -2.24. The SMILES string of the molecule is O=C(Nc1nn[nH]n1)c1ccc(CN(C(=O)NCc2ccccc2Cl)c2ccc(C3=CCCCC3)cc2)cc1. The van der Waals surface area contributed by atoms with Crippen LogP contribution in [-0.4, -0.2) is 32.6 Å². The second kappa shape index (κ2) is 12.4. The molecule has 0 saturated heterocycles. The van der Waals surface area contributed by atoms with Crippen molar-refractivity contribution in [2.75, 3.05) is 10.2 Å². The quantitative estimate of drug-likeness (QED) is 0.254. The van der Waals surface area contributed by atoms with Crippen molar-refractivity contribution < 1.29 is 9.59 Å². The Morgan fingerprint density at radius 3 is 2.46 bits per heavy atom. The molecule has 0 spiro atoms. The number of tetrazole rings is 1. The average molecular weight is 542 g/mol. The van der Waals surface area contributed by atoms with E-state index >= 15 is 0 Å². The Bertz CT molecular complexity index is 1450. The lowest BCUT2D eigenvalue weighted by molar-refractivity contribution is 0.102. The molecule has 4 aromatic rings. The Morgan fingerprint density at radius 1 is 0.974 bits per heavy atom. The lowest BCUT2D eigenvalue weighted by atomic mass is 9.93. The van der Waals surface area contributed by atoms with Crippen molar-refractivity contribution in [2.24, 2.45) is 0 Å². The molecule has 1 heterocycles. The van der Waals surface area contributed by atoms with Gasteiger partial charge in [-0.15, -0.1) is 5.10 Å². The summed E-state index contributed by atoms with van der Waals surface area (Å²) in [5.74, 6) is -0.261. The second-order valence-corrected chi connectivity index (χ2v) is 9.65. The van der Waals surface area contributed by atoms with Gasteiger partial charge in [0.25, 0.3) is 11.9 Å². The zero-order chi connectivity index (χ0) is 27.0. The van der Waals surface area contributed by atoms with Gasteiger partial charge in [0.1, 0.15) is 0 Å². The Balaban J connectivity index is 1.33. The number of urea groups is 1. The minimum atomic E-state index is -0.357. The molecule has 198 valence electrons. The molecule has 10 heteroatoms. The number of aromatic amines is 1. The largest absolute Gasteiger partial charge is 0.334 e. The maximum atomic E-state index is 13.4. The zero-order valence-electron chi connectivity index (χ0n) is 21.2. The number of halogens is 1. The minimum absolute atomic E-state index is 0.0953. The molecule has 3 aromatic carbocycles. The molecule has 39 heavy (non-hydrogen) atoms. The van der Waals surface area contributed by atoms with Gasteiger partial charge in [-0.3, -0.25) is 15.0 Å². The number of aromatic nitrogens is 4. The molecule has 5 rings (SSSR count). The Hall–Kier alpha value is -4.50. The normalized spacial score (nSPS) is 12.9. The molecule has 0 fully saturated rings. The van der Waals surface area contributed by atoms with Crippen LogP contribution in [0.15, 0.2) is 78.9 Å². The van der Waals surface area contributed by atoms with Crippen LogP contribution in [-0.2, 0) is 13.1 Å². The third-order valence-electron chi connectivity index (χ3n) is 6.60. The van der Waals surface area contributed by atoms with E-state index in [1.165, 1.54) is 24.0 Å². The number of carbonyl (C=O) groups excluding carboxylic acids is 2. The van der Waals surface area contributed by atoms with Crippen LogP contribution in [0.5, 0.6) is 0 Å². The topological polar surface area (TPSA) is 116 Å². The number of allylic oxidation sites excluding steroid dienone is 2. The van der Waals surface area contributed by atoms with Crippen LogP contribution in [0.1, 0.15) is 52.7 Å². The van der Waals surface area contributed by atoms with Gasteiger partial charge in [0.05, 0.1) is 6.54 Å². The molecule has 0 atom stereocenters. The molecule has 0 unspecified atom stereocenters. The van der Waals surface area contributed by atoms with E-state index < -0.39 is 0 Å². The number of benzene rings is 3. The summed E-state index contributed by atoms with van der Waals surface area (Å²) in [4.78, 5) is 27.6. The minimum Gasteiger partial charge on any atom is -0.334 e. The molecule has 1 aromatic heterocycles. The number of H-pyrrole nitrogens is 1. The summed E-state index contributed by atoms with van der Waals surface area (Å²) >= 11 is 6.29. The van der Waals surface area contributed by atoms with E-state index in [0.717, 1.165) is 29.7 Å². The Morgan fingerprint density at radius 2 is 1.77 bits per heavy atom. The summed E-state index contributed by atoms with van der Waals surface area (Å²) in [5.41, 5.74) is 5.44. The number of anilines is 2. The van der Waals surface area contributed by atoms with Gasteiger partial charge in [-0.25, -0.2) is 4.79 Å². The van der Waals surface area contributed by atoms with E-state index in [2.05, 4.69) is 49.5 Å². The maximum Gasteiger partial charge on any atom is 0.322 e. The first-order valence-corrected chi connectivity index (χ1v) is 13.2. The fourth-order valence-corrected chi connectivity index (χ4v) is 4.68. The Labute approximate surface area is 231 Å². The molecule has 1 aliphatic rings. The van der Waals surface area contributed by atoms with Crippen molar-refractivity contribution in [3.05, 3.63) is 106 Å². The molecule has 1 aliphatic carbocycles. The number of hydrogen-bond acceptors (Lipinski definition) is 5. The Kier molecular flexibility index (Phi) is 8.28. The van der Waals surface area contributed by atoms with Crippen LogP contribution < -0.4 is 15.5 Å². The maximum absolute atomic E-state index is 13.4. The molecule has 0 saturated carbocycles. The van der Waals surface area contributed by atoms with Crippen LogP contribution in [0.2, 0.25) is 5.02 Å². The predicted octanol–water partition coefficient (Wildman–Crippen LogP) is 5.98. The molecule has 0 bridgehead atoms. The van der Waals surface area contributed by atoms with Gasteiger partial charge in [0, 0.05) is 22.8 Å². The highest BCUT2D eigenvalue weighted by atomic mass is 35.5. The highest BCUT2D eigenvalue weighted by Crippen LogP contribution is 2.29. The number of carbonyl (C=O) groups is 2. The molecule has 3 N–H and O–H groups in total. The van der Waals surface area contributed by atoms with Crippen molar-refractivity contribution in [2.45, 2.75) is 38.8 Å². The lowest BCUT2D eigenvalue weighted by Crippen LogP contribution is -2.39. The molecule has 9 nitrogen and oxygen atoms in total. The number of rotatable bonds is 8. The molecular weight excluding hydrogens is 514 g/mol. The number of amides is 3. The molecular formula is C29H28ClN7O2. The van der Waals surface area contributed by atoms with Crippen molar-refractivity contribution in [1.29, 1.82) is 0 Å². The van der Waals surface area contributed by atoms with Crippen LogP contribution >= 0.6 is 11.6 Å². The van der Waals surface area contributed by atoms with Crippen molar-refractivity contribution >= 4 is 40.7 Å². The van der Waals surface area contributed by atoms with Gasteiger partial charge in [-0.2, -0.15) is 5.21 Å². The third kappa shape index (κ3) is 6.69. The third-order valence-corrected chi connectivity index (χ3v) is 6.97. The van der Waals surface area contributed by atoms with Crippen LogP contribution in [0.25, 0.3) is 5.57 Å². The van der Waals surface area contributed by atoms with E-state index in [1.54, 1.807) is 23.1 Å². The fourth-order valence-electron chi connectivity index (χ4n) is 4.48. The standard InChI is InChI=1S/C29H28ClN7O2/c30-26-9-5-4-8-24(26)18-31-29(39)37(25-16-14-22(15-17-25)21-6-2-1-3-7-21)19-20-10-12-23(13-11-20)27(38)32-28-33-35-36-34-28/h4-6,8-17H,1-3,7,18-19H2,(H,31,39)(H2,32,33,34,35,36,38). The summed E-state index contributed by atoms with van der Waals surface area (Å²) in [7, 11) is 0. The first-order valence-electron chi connectivity index (χ1n) is 12.8. The van der Waals surface area contributed by atoms with Gasteiger partial charge >= 0.3 is 6.03 Å².